The van der Waals surface area contributed by atoms with E-state index in [0.717, 1.165) is 16.6 Å². The van der Waals surface area contributed by atoms with Gasteiger partial charge in [-0.15, -0.1) is 0 Å². The van der Waals surface area contributed by atoms with Crippen LogP contribution in [0.25, 0.3) is 16.7 Å². The minimum absolute atomic E-state index is 0.170. The highest BCUT2D eigenvalue weighted by Crippen LogP contribution is 2.32. The lowest BCUT2D eigenvalue weighted by Crippen LogP contribution is -2.22. The second-order valence-corrected chi connectivity index (χ2v) is 6.41. The number of hydrogen-bond donors (Lipinski definition) is 2. The molecule has 1 atom stereocenters. The van der Waals surface area contributed by atoms with Crippen molar-refractivity contribution in [3.8, 4) is 5.82 Å². The average Bonchev–Trinajstić information content (AvgIpc) is 3.19. The summed E-state index contributed by atoms with van der Waals surface area (Å²) in [7, 11) is 0. The second kappa shape index (κ2) is 5.63. The van der Waals surface area contributed by atoms with Gasteiger partial charge >= 0.3 is 0 Å². The number of aryl methyl sites for hydroxylation is 2. The summed E-state index contributed by atoms with van der Waals surface area (Å²) in [5, 5.41) is 20.4. The average molecular weight is 350 g/mol. The van der Waals surface area contributed by atoms with Crippen LogP contribution < -0.4 is 5.73 Å². The van der Waals surface area contributed by atoms with Crippen LogP contribution in [-0.4, -0.2) is 30.0 Å². The lowest BCUT2D eigenvalue weighted by Gasteiger charge is -2.20. The lowest BCUT2D eigenvalue weighted by atomic mass is 9.92. The molecule has 0 aliphatic rings. The van der Waals surface area contributed by atoms with Gasteiger partial charge in [0.2, 0.25) is 5.95 Å². The third-order valence-corrected chi connectivity index (χ3v) is 4.41. The van der Waals surface area contributed by atoms with E-state index in [2.05, 4.69) is 20.2 Å². The Bertz CT molecular complexity index is 1110. The number of benzene rings is 1. The summed E-state index contributed by atoms with van der Waals surface area (Å²) in [4.78, 5) is 8.15. The fourth-order valence-electron chi connectivity index (χ4n) is 2.97. The summed E-state index contributed by atoms with van der Waals surface area (Å²) >= 11 is 0. The van der Waals surface area contributed by atoms with Crippen LogP contribution in [0, 0.1) is 13.8 Å². The maximum Gasteiger partial charge on any atom is 0.221 e. The van der Waals surface area contributed by atoms with Crippen molar-refractivity contribution in [3.05, 3.63) is 59.2 Å². The van der Waals surface area contributed by atoms with Crippen LogP contribution >= 0.6 is 0 Å². The summed E-state index contributed by atoms with van der Waals surface area (Å²) in [5.74, 6) is 1.11. The van der Waals surface area contributed by atoms with Gasteiger partial charge in [-0.2, -0.15) is 10.1 Å². The molecule has 4 aromatic rings. The topological polar surface area (TPSA) is 116 Å². The maximum absolute atomic E-state index is 11.0. The SMILES string of the molecule is Cc1cc(C(C)(O)c2ccc3c(C)nn(-c4ccnc(N)n4)c3c2)on1. The van der Waals surface area contributed by atoms with Crippen molar-refractivity contribution in [2.24, 2.45) is 0 Å². The van der Waals surface area contributed by atoms with E-state index in [1.54, 1.807) is 29.9 Å². The minimum Gasteiger partial charge on any atom is -0.377 e. The first kappa shape index (κ1) is 16.2. The van der Waals surface area contributed by atoms with Gasteiger partial charge in [-0.1, -0.05) is 17.3 Å². The van der Waals surface area contributed by atoms with Crippen molar-refractivity contribution in [1.82, 2.24) is 24.9 Å². The number of rotatable bonds is 3. The Kier molecular flexibility index (Phi) is 3.52. The molecular weight excluding hydrogens is 332 g/mol. The van der Waals surface area contributed by atoms with Gasteiger partial charge in [-0.3, -0.25) is 0 Å². The van der Waals surface area contributed by atoms with Crippen molar-refractivity contribution in [1.29, 1.82) is 0 Å². The van der Waals surface area contributed by atoms with Gasteiger partial charge in [0.25, 0.3) is 0 Å². The van der Waals surface area contributed by atoms with Crippen molar-refractivity contribution in [3.63, 3.8) is 0 Å². The number of anilines is 1. The number of nitrogen functional groups attached to an aromatic ring is 1. The van der Waals surface area contributed by atoms with Crippen LogP contribution in [0.5, 0.6) is 0 Å². The number of nitrogens with two attached hydrogens (primary N) is 1. The van der Waals surface area contributed by atoms with Gasteiger partial charge in [0.05, 0.1) is 16.9 Å². The molecule has 0 spiro atoms. The van der Waals surface area contributed by atoms with Crippen LogP contribution in [0.4, 0.5) is 5.95 Å². The Morgan fingerprint density at radius 1 is 1.19 bits per heavy atom. The molecule has 0 amide bonds. The highest BCUT2D eigenvalue weighted by atomic mass is 16.5. The maximum atomic E-state index is 11.0. The first-order chi connectivity index (χ1) is 12.4. The van der Waals surface area contributed by atoms with Crippen molar-refractivity contribution in [2.45, 2.75) is 26.4 Å². The predicted molar refractivity (Wildman–Crippen MR) is 95.7 cm³/mol. The Morgan fingerprint density at radius 2 is 2.00 bits per heavy atom. The molecule has 8 heteroatoms. The molecule has 0 saturated heterocycles. The van der Waals surface area contributed by atoms with Gasteiger partial charge in [-0.05, 0) is 32.4 Å². The van der Waals surface area contributed by atoms with E-state index in [0.29, 0.717) is 22.8 Å². The summed E-state index contributed by atoms with van der Waals surface area (Å²) in [6.07, 6.45) is 1.58. The van der Waals surface area contributed by atoms with Crippen LogP contribution in [0.3, 0.4) is 0 Å². The zero-order valence-electron chi connectivity index (χ0n) is 14.6. The highest BCUT2D eigenvalue weighted by Gasteiger charge is 2.31. The van der Waals surface area contributed by atoms with E-state index >= 15 is 0 Å². The normalized spacial score (nSPS) is 13.8. The molecule has 0 radical (unpaired) electrons. The molecule has 8 nitrogen and oxygen atoms in total. The summed E-state index contributed by atoms with van der Waals surface area (Å²) in [5.41, 5.74) is 7.38. The molecule has 0 fully saturated rings. The zero-order valence-corrected chi connectivity index (χ0v) is 14.6. The third-order valence-electron chi connectivity index (χ3n) is 4.41. The van der Waals surface area contributed by atoms with Crippen LogP contribution in [0.2, 0.25) is 0 Å². The van der Waals surface area contributed by atoms with Gasteiger partial charge in [0.15, 0.2) is 11.6 Å². The minimum atomic E-state index is -1.33. The molecule has 1 unspecified atom stereocenters. The van der Waals surface area contributed by atoms with E-state index in [4.69, 9.17) is 10.3 Å². The first-order valence-corrected chi connectivity index (χ1v) is 8.11. The molecule has 0 bridgehead atoms. The summed E-state index contributed by atoms with van der Waals surface area (Å²) < 4.78 is 6.96. The monoisotopic (exact) mass is 350 g/mol. The van der Waals surface area contributed by atoms with Crippen LogP contribution in [0.1, 0.15) is 29.6 Å². The standard InChI is InChI=1S/C18H18N6O2/c1-10-8-15(26-23-10)18(3,25)12-4-5-13-11(2)22-24(14(13)9-12)16-6-7-20-17(19)21-16/h4-9,25H,1-3H3,(H2,19,20,21). The van der Waals surface area contributed by atoms with Crippen molar-refractivity contribution < 1.29 is 9.63 Å². The molecule has 0 saturated carbocycles. The van der Waals surface area contributed by atoms with Crippen LogP contribution in [0.15, 0.2) is 41.1 Å². The molecule has 3 N–H and O–H groups in total. The molecule has 4 rings (SSSR count). The molecule has 26 heavy (non-hydrogen) atoms. The molecule has 0 aliphatic heterocycles. The summed E-state index contributed by atoms with van der Waals surface area (Å²) in [6, 6.07) is 9.09. The molecule has 132 valence electrons. The van der Waals surface area contributed by atoms with E-state index in [1.807, 2.05) is 32.0 Å². The van der Waals surface area contributed by atoms with Gasteiger partial charge in [-0.25, -0.2) is 9.67 Å². The molecule has 1 aromatic carbocycles. The van der Waals surface area contributed by atoms with E-state index in [-0.39, 0.29) is 5.95 Å². The zero-order chi connectivity index (χ0) is 18.5. The predicted octanol–water partition coefficient (Wildman–Crippen LogP) is 2.26. The number of nitrogens with zero attached hydrogens (tertiary/aromatic N) is 5. The van der Waals surface area contributed by atoms with Gasteiger partial charge in [0, 0.05) is 23.7 Å². The molecule has 3 aromatic heterocycles. The van der Waals surface area contributed by atoms with E-state index in [9.17, 15) is 5.11 Å². The van der Waals surface area contributed by atoms with E-state index < -0.39 is 5.60 Å². The lowest BCUT2D eigenvalue weighted by molar-refractivity contribution is 0.0694. The Labute approximate surface area is 149 Å². The smallest absolute Gasteiger partial charge is 0.221 e. The van der Waals surface area contributed by atoms with E-state index in [1.165, 1.54) is 0 Å². The molecular formula is C18H18N6O2. The number of aromatic nitrogens is 5. The fourth-order valence-corrected chi connectivity index (χ4v) is 2.97. The Morgan fingerprint density at radius 3 is 2.69 bits per heavy atom. The number of hydrogen-bond acceptors (Lipinski definition) is 7. The van der Waals surface area contributed by atoms with Crippen molar-refractivity contribution >= 4 is 16.9 Å². The van der Waals surface area contributed by atoms with Gasteiger partial charge < -0.3 is 15.4 Å². The Balaban J connectivity index is 1.90. The van der Waals surface area contributed by atoms with Gasteiger partial charge in [0.1, 0.15) is 5.60 Å². The molecule has 0 aliphatic carbocycles. The molecule has 3 heterocycles. The summed E-state index contributed by atoms with van der Waals surface area (Å²) in [6.45, 7) is 5.40. The highest BCUT2D eigenvalue weighted by molar-refractivity contribution is 5.84. The fraction of sp³-hybridized carbons (Fsp3) is 0.222. The third kappa shape index (κ3) is 2.51. The van der Waals surface area contributed by atoms with Crippen LogP contribution in [-0.2, 0) is 5.60 Å². The number of fused-ring (bicyclic) bond motifs is 1. The first-order valence-electron chi connectivity index (χ1n) is 8.11. The second-order valence-electron chi connectivity index (χ2n) is 6.41. The largest absolute Gasteiger partial charge is 0.377 e. The van der Waals surface area contributed by atoms with Crippen molar-refractivity contribution in [2.75, 3.05) is 5.73 Å². The quantitative estimate of drug-likeness (QED) is 0.582. The number of aliphatic hydroxyl groups is 1. The Hall–Kier alpha value is -3.26.